The van der Waals surface area contributed by atoms with Crippen LogP contribution in [0.25, 0.3) is 6.08 Å². The van der Waals surface area contributed by atoms with Gasteiger partial charge in [-0.25, -0.2) is 0 Å². The lowest BCUT2D eigenvalue weighted by atomic mass is 10.1. The van der Waals surface area contributed by atoms with E-state index in [1.807, 2.05) is 0 Å². The lowest BCUT2D eigenvalue weighted by Crippen LogP contribution is -2.18. The summed E-state index contributed by atoms with van der Waals surface area (Å²) in [7, 11) is 1.49. The second kappa shape index (κ2) is 4.50. The summed E-state index contributed by atoms with van der Waals surface area (Å²) in [5, 5.41) is 19.1. The number of carbonyl (C=O) groups is 1. The van der Waals surface area contributed by atoms with Crippen LogP contribution in [0.15, 0.2) is 23.1 Å². The molecule has 1 aromatic carbocycles. The standard InChI is InChI=1S/C11H10N2O3S/c1-16-8-5-7(14)3-2-6(8)4-9-10(15)13-11(12)17-9/h2-5,14H,1H3,(H2,12,13,15). The van der Waals surface area contributed by atoms with Crippen LogP contribution in [0.4, 0.5) is 0 Å². The van der Waals surface area contributed by atoms with Crippen LogP contribution in [0.3, 0.4) is 0 Å². The predicted octanol–water partition coefficient (Wildman–Crippen LogP) is 1.54. The number of methoxy groups -OCH3 is 1. The number of carbonyl (C=O) groups excluding carboxylic acids is 1. The van der Waals surface area contributed by atoms with E-state index in [1.165, 1.54) is 19.2 Å². The molecule has 0 atom stereocenters. The Morgan fingerprint density at radius 2 is 2.29 bits per heavy atom. The van der Waals surface area contributed by atoms with Gasteiger partial charge >= 0.3 is 0 Å². The molecule has 17 heavy (non-hydrogen) atoms. The number of rotatable bonds is 2. The van der Waals surface area contributed by atoms with Crippen LogP contribution in [-0.2, 0) is 4.79 Å². The Kier molecular flexibility index (Phi) is 3.06. The minimum Gasteiger partial charge on any atom is -0.508 e. The quantitative estimate of drug-likeness (QED) is 0.695. The summed E-state index contributed by atoms with van der Waals surface area (Å²) < 4.78 is 5.10. The summed E-state index contributed by atoms with van der Waals surface area (Å²) in [6.45, 7) is 0. The number of benzene rings is 1. The fourth-order valence-corrected chi connectivity index (χ4v) is 2.10. The average Bonchev–Trinajstić information content (AvgIpc) is 2.60. The highest BCUT2D eigenvalue weighted by Crippen LogP contribution is 2.30. The van der Waals surface area contributed by atoms with Crippen molar-refractivity contribution in [2.75, 3.05) is 7.11 Å². The van der Waals surface area contributed by atoms with E-state index in [9.17, 15) is 9.90 Å². The van der Waals surface area contributed by atoms with E-state index in [1.54, 1.807) is 12.1 Å². The van der Waals surface area contributed by atoms with Gasteiger partial charge in [-0.05, 0) is 30.0 Å². The van der Waals surface area contributed by atoms with Crippen molar-refractivity contribution in [1.82, 2.24) is 5.32 Å². The second-order valence-corrected chi connectivity index (χ2v) is 4.37. The second-order valence-electron chi connectivity index (χ2n) is 3.32. The van der Waals surface area contributed by atoms with E-state index in [0.29, 0.717) is 16.2 Å². The number of phenolic OH excluding ortho intramolecular Hbond substituents is 1. The molecule has 3 N–H and O–H groups in total. The smallest absolute Gasteiger partial charge is 0.264 e. The fraction of sp³-hybridized carbons (Fsp3) is 0.0909. The number of phenols is 1. The molecule has 0 aromatic heterocycles. The number of ether oxygens (including phenoxy) is 1. The van der Waals surface area contributed by atoms with E-state index in [-0.39, 0.29) is 16.8 Å². The lowest BCUT2D eigenvalue weighted by molar-refractivity contribution is -0.115. The van der Waals surface area contributed by atoms with E-state index in [2.05, 4.69) is 5.32 Å². The highest BCUT2D eigenvalue weighted by atomic mass is 32.2. The van der Waals surface area contributed by atoms with Gasteiger partial charge in [-0.2, -0.15) is 0 Å². The molecular weight excluding hydrogens is 240 g/mol. The minimum absolute atomic E-state index is 0.0975. The van der Waals surface area contributed by atoms with Crippen molar-refractivity contribution < 1.29 is 14.6 Å². The van der Waals surface area contributed by atoms with Crippen LogP contribution in [0.2, 0.25) is 0 Å². The van der Waals surface area contributed by atoms with Crippen LogP contribution in [-0.4, -0.2) is 23.3 Å². The molecule has 1 aliphatic rings. The number of hydrogen-bond donors (Lipinski definition) is 3. The molecule has 0 unspecified atom stereocenters. The highest BCUT2D eigenvalue weighted by Gasteiger charge is 2.22. The van der Waals surface area contributed by atoms with Gasteiger partial charge < -0.3 is 15.2 Å². The minimum atomic E-state index is -0.296. The zero-order valence-electron chi connectivity index (χ0n) is 8.98. The first kappa shape index (κ1) is 11.5. The van der Waals surface area contributed by atoms with Gasteiger partial charge in [0.15, 0.2) is 5.17 Å². The molecule has 1 heterocycles. The van der Waals surface area contributed by atoms with Gasteiger partial charge in [0.2, 0.25) is 0 Å². The Balaban J connectivity index is 2.38. The summed E-state index contributed by atoms with van der Waals surface area (Å²) in [6, 6.07) is 4.63. The molecule has 6 heteroatoms. The highest BCUT2D eigenvalue weighted by molar-refractivity contribution is 8.18. The Morgan fingerprint density at radius 3 is 2.88 bits per heavy atom. The SMILES string of the molecule is COc1cc(O)ccc1C=C1SC(=N)NC1=O. The average molecular weight is 250 g/mol. The first-order chi connectivity index (χ1) is 8.10. The fourth-order valence-electron chi connectivity index (χ4n) is 1.40. The third-order valence-corrected chi connectivity index (χ3v) is 3.00. The maximum atomic E-state index is 11.4. The molecule has 1 saturated heterocycles. The van der Waals surface area contributed by atoms with Gasteiger partial charge in [-0.1, -0.05) is 0 Å². The van der Waals surface area contributed by atoms with E-state index in [0.717, 1.165) is 11.8 Å². The molecule has 0 aliphatic carbocycles. The molecule has 5 nitrogen and oxygen atoms in total. The normalized spacial score (nSPS) is 17.4. The summed E-state index contributed by atoms with van der Waals surface area (Å²) in [5.41, 5.74) is 0.678. The number of nitrogens with one attached hydrogen (secondary N) is 2. The molecule has 0 saturated carbocycles. The number of thioether (sulfide) groups is 1. The molecule has 1 amide bonds. The van der Waals surface area contributed by atoms with Crippen molar-refractivity contribution in [2.24, 2.45) is 0 Å². The topological polar surface area (TPSA) is 82.4 Å². The zero-order chi connectivity index (χ0) is 12.4. The Morgan fingerprint density at radius 1 is 1.53 bits per heavy atom. The van der Waals surface area contributed by atoms with Gasteiger partial charge in [0.25, 0.3) is 5.91 Å². The predicted molar refractivity (Wildman–Crippen MR) is 66.1 cm³/mol. The van der Waals surface area contributed by atoms with Crippen LogP contribution in [0, 0.1) is 5.41 Å². The molecule has 2 rings (SSSR count). The Labute approximate surface area is 102 Å². The van der Waals surface area contributed by atoms with Crippen LogP contribution in [0.5, 0.6) is 11.5 Å². The largest absolute Gasteiger partial charge is 0.508 e. The Bertz CT molecular complexity index is 525. The zero-order valence-corrected chi connectivity index (χ0v) is 9.80. The van der Waals surface area contributed by atoms with Crippen molar-refractivity contribution in [1.29, 1.82) is 5.41 Å². The summed E-state index contributed by atoms with van der Waals surface area (Å²) in [6.07, 6.45) is 1.62. The lowest BCUT2D eigenvalue weighted by Gasteiger charge is -2.05. The third kappa shape index (κ3) is 2.42. The number of aromatic hydroxyl groups is 1. The third-order valence-electron chi connectivity index (χ3n) is 2.17. The molecule has 1 fully saturated rings. The molecule has 0 bridgehead atoms. The Hall–Kier alpha value is -1.95. The molecule has 1 aromatic rings. The van der Waals surface area contributed by atoms with Crippen molar-refractivity contribution in [2.45, 2.75) is 0 Å². The van der Waals surface area contributed by atoms with Crippen LogP contribution < -0.4 is 10.1 Å². The van der Waals surface area contributed by atoms with E-state index >= 15 is 0 Å². The van der Waals surface area contributed by atoms with E-state index in [4.69, 9.17) is 10.1 Å². The van der Waals surface area contributed by atoms with Gasteiger partial charge in [0.1, 0.15) is 11.5 Å². The number of amides is 1. The number of hydrogen-bond acceptors (Lipinski definition) is 5. The summed E-state index contributed by atoms with van der Waals surface area (Å²) >= 11 is 1.06. The van der Waals surface area contributed by atoms with E-state index < -0.39 is 0 Å². The van der Waals surface area contributed by atoms with Gasteiger partial charge in [0.05, 0.1) is 12.0 Å². The molecule has 0 spiro atoms. The van der Waals surface area contributed by atoms with Crippen LogP contribution >= 0.6 is 11.8 Å². The van der Waals surface area contributed by atoms with Crippen molar-refractivity contribution >= 4 is 28.9 Å². The summed E-state index contributed by atoms with van der Waals surface area (Å²) in [5.74, 6) is 0.278. The van der Waals surface area contributed by atoms with Gasteiger partial charge in [-0.3, -0.25) is 10.2 Å². The molecule has 0 radical (unpaired) electrons. The first-order valence-corrected chi connectivity index (χ1v) is 5.58. The van der Waals surface area contributed by atoms with Crippen molar-refractivity contribution in [3.05, 3.63) is 28.7 Å². The van der Waals surface area contributed by atoms with Gasteiger partial charge in [0, 0.05) is 11.6 Å². The van der Waals surface area contributed by atoms with Crippen molar-refractivity contribution in [3.63, 3.8) is 0 Å². The maximum absolute atomic E-state index is 11.4. The van der Waals surface area contributed by atoms with Gasteiger partial charge in [-0.15, -0.1) is 0 Å². The molecular formula is C11H10N2O3S. The molecule has 88 valence electrons. The monoisotopic (exact) mass is 250 g/mol. The molecule has 1 aliphatic heterocycles. The number of amidine groups is 1. The van der Waals surface area contributed by atoms with Crippen LogP contribution in [0.1, 0.15) is 5.56 Å². The van der Waals surface area contributed by atoms with Crippen molar-refractivity contribution in [3.8, 4) is 11.5 Å². The first-order valence-electron chi connectivity index (χ1n) is 4.76. The maximum Gasteiger partial charge on any atom is 0.264 e. The summed E-state index contributed by atoms with van der Waals surface area (Å²) in [4.78, 5) is 11.9.